The van der Waals surface area contributed by atoms with Crippen LogP contribution < -0.4 is 4.43 Å². The van der Waals surface area contributed by atoms with Crippen molar-refractivity contribution in [2.45, 2.75) is 84.2 Å². The van der Waals surface area contributed by atoms with Crippen LogP contribution in [-0.4, -0.2) is 15.2 Å². The molecule has 0 bridgehead atoms. The van der Waals surface area contributed by atoms with Gasteiger partial charge in [-0.25, -0.2) is 0 Å². The van der Waals surface area contributed by atoms with Crippen LogP contribution >= 0.6 is 11.6 Å². The monoisotopic (exact) mass is 370 g/mol. The first kappa shape index (κ1) is 21.5. The summed E-state index contributed by atoms with van der Waals surface area (Å²) < 4.78 is 12.0. The predicted molar refractivity (Wildman–Crippen MR) is 107 cm³/mol. The van der Waals surface area contributed by atoms with Crippen LogP contribution in [0, 0.1) is 0 Å². The molecule has 0 N–H and O–H groups in total. The van der Waals surface area contributed by atoms with Gasteiger partial charge in [-0.15, -0.1) is 0 Å². The summed E-state index contributed by atoms with van der Waals surface area (Å²) in [4.78, 5) is 0. The van der Waals surface area contributed by atoms with Gasteiger partial charge in [0.15, 0.2) is 0 Å². The van der Waals surface area contributed by atoms with Crippen molar-refractivity contribution in [2.75, 3.05) is 6.61 Å². The first-order valence-corrected chi connectivity index (χ1v) is 12.8. The Morgan fingerprint density at radius 3 is 2.04 bits per heavy atom. The number of halogens is 1. The molecular formula is C20H35ClO2Si. The molecule has 1 aromatic rings. The first-order valence-electron chi connectivity index (χ1n) is 9.62. The van der Waals surface area contributed by atoms with Crippen LogP contribution in [0.5, 0.6) is 5.75 Å². The molecule has 1 rings (SSSR count). The summed E-state index contributed by atoms with van der Waals surface area (Å²) in [7, 11) is -2.12. The fourth-order valence-corrected chi connectivity index (χ4v) is 4.32. The molecule has 0 radical (unpaired) electrons. The fourth-order valence-electron chi connectivity index (χ4n) is 2.75. The van der Waals surface area contributed by atoms with Gasteiger partial charge >= 0.3 is 8.56 Å². The highest BCUT2D eigenvalue weighted by Crippen LogP contribution is 2.21. The summed E-state index contributed by atoms with van der Waals surface area (Å²) in [5, 5.41) is 0.701. The second-order valence-corrected chi connectivity index (χ2v) is 10.7. The van der Waals surface area contributed by atoms with Crippen molar-refractivity contribution >= 4 is 20.2 Å². The SMILES string of the molecule is CCCCCCCCCCCCO[Si](C)(C)Oc1cccc(Cl)c1. The van der Waals surface area contributed by atoms with E-state index in [9.17, 15) is 0 Å². The Bertz CT molecular complexity index is 437. The van der Waals surface area contributed by atoms with Crippen LogP contribution in [0.1, 0.15) is 71.1 Å². The maximum absolute atomic E-state index is 6.02. The molecule has 0 spiro atoms. The van der Waals surface area contributed by atoms with E-state index in [0.29, 0.717) is 5.02 Å². The van der Waals surface area contributed by atoms with Gasteiger partial charge < -0.3 is 8.85 Å². The Labute approximate surface area is 155 Å². The van der Waals surface area contributed by atoms with Crippen molar-refractivity contribution in [1.82, 2.24) is 0 Å². The summed E-state index contributed by atoms with van der Waals surface area (Å²) >= 11 is 5.99. The Balaban J connectivity index is 2.01. The average Bonchev–Trinajstić information content (AvgIpc) is 2.52. The van der Waals surface area contributed by atoms with Gasteiger partial charge in [-0.2, -0.15) is 0 Å². The highest BCUT2D eigenvalue weighted by atomic mass is 35.5. The molecule has 138 valence electrons. The lowest BCUT2D eigenvalue weighted by atomic mass is 10.1. The van der Waals surface area contributed by atoms with Crippen LogP contribution in [0.3, 0.4) is 0 Å². The second kappa shape index (κ2) is 12.8. The normalized spacial score (nSPS) is 11.7. The van der Waals surface area contributed by atoms with Crippen molar-refractivity contribution in [3.63, 3.8) is 0 Å². The molecule has 0 aliphatic rings. The van der Waals surface area contributed by atoms with Gasteiger partial charge in [-0.05, 0) is 37.7 Å². The third kappa shape index (κ3) is 11.1. The Hall–Kier alpha value is -0.513. The first-order chi connectivity index (χ1) is 11.5. The molecule has 0 aromatic heterocycles. The van der Waals surface area contributed by atoms with E-state index in [-0.39, 0.29) is 0 Å². The minimum atomic E-state index is -2.12. The van der Waals surface area contributed by atoms with Gasteiger partial charge in [0.05, 0.1) is 0 Å². The van der Waals surface area contributed by atoms with Crippen molar-refractivity contribution in [1.29, 1.82) is 0 Å². The molecule has 0 amide bonds. The number of benzene rings is 1. The van der Waals surface area contributed by atoms with E-state index < -0.39 is 8.56 Å². The summed E-state index contributed by atoms with van der Waals surface area (Å²) in [6.45, 7) is 7.25. The van der Waals surface area contributed by atoms with Crippen LogP contribution in [0.15, 0.2) is 24.3 Å². The molecule has 1 aromatic carbocycles. The van der Waals surface area contributed by atoms with Gasteiger partial charge in [-0.1, -0.05) is 82.4 Å². The Morgan fingerprint density at radius 2 is 1.46 bits per heavy atom. The van der Waals surface area contributed by atoms with E-state index in [2.05, 4.69) is 20.0 Å². The highest BCUT2D eigenvalue weighted by Gasteiger charge is 2.26. The largest absolute Gasteiger partial charge is 0.520 e. The molecule has 0 saturated carbocycles. The summed E-state index contributed by atoms with van der Waals surface area (Å²) in [6, 6.07) is 7.54. The lowest BCUT2D eigenvalue weighted by molar-refractivity contribution is 0.240. The number of hydrogen-bond donors (Lipinski definition) is 0. The highest BCUT2D eigenvalue weighted by molar-refractivity contribution is 6.65. The molecule has 0 saturated heterocycles. The molecule has 4 heteroatoms. The summed E-state index contributed by atoms with van der Waals surface area (Å²) in [6.07, 6.45) is 13.4. The van der Waals surface area contributed by atoms with Crippen molar-refractivity contribution in [3.05, 3.63) is 29.3 Å². The number of unbranched alkanes of at least 4 members (excludes halogenated alkanes) is 9. The molecule has 0 aliphatic carbocycles. The minimum absolute atomic E-state index is 0.701. The van der Waals surface area contributed by atoms with Crippen LogP contribution in [0.2, 0.25) is 18.1 Å². The molecule has 0 unspecified atom stereocenters. The Kier molecular flexibility index (Phi) is 11.5. The molecule has 24 heavy (non-hydrogen) atoms. The van der Waals surface area contributed by atoms with Gasteiger partial charge in [-0.3, -0.25) is 0 Å². The smallest absolute Gasteiger partial charge is 0.392 e. The minimum Gasteiger partial charge on any atom is -0.520 e. The molecular weight excluding hydrogens is 336 g/mol. The zero-order chi connectivity index (χ0) is 17.7. The molecule has 0 atom stereocenters. The second-order valence-electron chi connectivity index (χ2n) is 6.99. The van der Waals surface area contributed by atoms with E-state index in [1.165, 1.54) is 57.8 Å². The van der Waals surface area contributed by atoms with E-state index in [1.54, 1.807) is 0 Å². The summed E-state index contributed by atoms with van der Waals surface area (Å²) in [5.41, 5.74) is 0. The standard InChI is InChI=1S/C20H35ClO2Si/c1-4-5-6-7-8-9-10-11-12-13-17-22-24(2,3)23-20-16-14-15-19(21)18-20/h14-16,18H,4-13,17H2,1-3H3. The molecule has 0 aliphatic heterocycles. The fraction of sp³-hybridized carbons (Fsp3) is 0.700. The Morgan fingerprint density at radius 1 is 0.875 bits per heavy atom. The zero-order valence-corrected chi connectivity index (χ0v) is 17.5. The summed E-state index contributed by atoms with van der Waals surface area (Å²) in [5.74, 6) is 0.808. The average molecular weight is 371 g/mol. The predicted octanol–water partition coefficient (Wildman–Crippen LogP) is 7.36. The maximum atomic E-state index is 6.02. The number of hydrogen-bond acceptors (Lipinski definition) is 2. The molecule has 0 fully saturated rings. The third-order valence-corrected chi connectivity index (χ3v) is 5.97. The van der Waals surface area contributed by atoms with E-state index >= 15 is 0 Å². The maximum Gasteiger partial charge on any atom is 0.392 e. The third-order valence-electron chi connectivity index (χ3n) is 4.11. The van der Waals surface area contributed by atoms with Crippen molar-refractivity contribution in [2.24, 2.45) is 0 Å². The van der Waals surface area contributed by atoms with Crippen LogP contribution in [-0.2, 0) is 4.43 Å². The van der Waals surface area contributed by atoms with Crippen molar-refractivity contribution in [3.8, 4) is 5.75 Å². The van der Waals surface area contributed by atoms with E-state index in [0.717, 1.165) is 18.8 Å². The van der Waals surface area contributed by atoms with Crippen LogP contribution in [0.4, 0.5) is 0 Å². The van der Waals surface area contributed by atoms with E-state index in [1.807, 2.05) is 24.3 Å². The van der Waals surface area contributed by atoms with Gasteiger partial charge in [0, 0.05) is 11.6 Å². The molecule has 0 heterocycles. The van der Waals surface area contributed by atoms with Gasteiger partial charge in [0.2, 0.25) is 0 Å². The lowest BCUT2D eigenvalue weighted by Gasteiger charge is -2.24. The lowest BCUT2D eigenvalue weighted by Crippen LogP contribution is -2.38. The van der Waals surface area contributed by atoms with Gasteiger partial charge in [0.25, 0.3) is 0 Å². The quantitative estimate of drug-likeness (QED) is 0.251. The number of rotatable bonds is 14. The van der Waals surface area contributed by atoms with Gasteiger partial charge in [0.1, 0.15) is 5.75 Å². The topological polar surface area (TPSA) is 18.5 Å². The van der Waals surface area contributed by atoms with Crippen LogP contribution in [0.25, 0.3) is 0 Å². The van der Waals surface area contributed by atoms with E-state index in [4.69, 9.17) is 20.5 Å². The zero-order valence-electron chi connectivity index (χ0n) is 15.8. The van der Waals surface area contributed by atoms with Crippen molar-refractivity contribution < 1.29 is 8.85 Å². The molecule has 2 nitrogen and oxygen atoms in total.